The number of nitriles is 1. The molecule has 0 fully saturated rings. The van der Waals surface area contributed by atoms with Crippen LogP contribution in [0, 0.1) is 11.3 Å². The molecule has 3 rings (SSSR count). The van der Waals surface area contributed by atoms with Crippen molar-refractivity contribution in [2.24, 2.45) is 0 Å². The van der Waals surface area contributed by atoms with Crippen LogP contribution in [0.3, 0.4) is 0 Å². The highest BCUT2D eigenvalue weighted by Gasteiger charge is 2.39. The van der Waals surface area contributed by atoms with Crippen LogP contribution in [-0.4, -0.2) is 16.8 Å². The Hall–Kier alpha value is -2.34. The quantitative estimate of drug-likeness (QED) is 0.779. The Morgan fingerprint density at radius 3 is 2.63 bits per heavy atom. The zero-order valence-electron chi connectivity index (χ0n) is 10.9. The minimum Gasteiger partial charge on any atom is -0.316 e. The monoisotopic (exact) mass is 250 g/mol. The molecule has 1 amide bonds. The summed E-state index contributed by atoms with van der Waals surface area (Å²) in [5.74, 6) is -0.0339. The van der Waals surface area contributed by atoms with Gasteiger partial charge in [0.05, 0.1) is 11.6 Å². The molecular formula is C16H14N2O. The molecule has 0 N–H and O–H groups in total. The second-order valence-corrected chi connectivity index (χ2v) is 5.09. The zero-order chi connectivity index (χ0) is 13.6. The first-order chi connectivity index (χ1) is 9.15. The molecule has 0 aromatic heterocycles. The van der Waals surface area contributed by atoms with Gasteiger partial charge < -0.3 is 4.90 Å². The van der Waals surface area contributed by atoms with Crippen molar-refractivity contribution in [3.8, 4) is 6.07 Å². The van der Waals surface area contributed by atoms with Gasteiger partial charge in [0.2, 0.25) is 0 Å². The van der Waals surface area contributed by atoms with E-state index in [1.54, 1.807) is 4.90 Å². The van der Waals surface area contributed by atoms with Gasteiger partial charge in [-0.3, -0.25) is 4.79 Å². The number of carbonyl (C=O) groups excluding carboxylic acids is 1. The van der Waals surface area contributed by atoms with E-state index in [1.807, 2.05) is 50.2 Å². The standard InChI is InChI=1S/C16H14N2O/c1-10(2)18-14(9-17)13-8-7-11-5-3-4-6-12(11)15(13)16(18)19/h3-8,10,14H,1-2H3. The largest absolute Gasteiger partial charge is 0.316 e. The van der Waals surface area contributed by atoms with E-state index in [0.29, 0.717) is 5.56 Å². The lowest BCUT2D eigenvalue weighted by atomic mass is 9.98. The van der Waals surface area contributed by atoms with Crippen molar-refractivity contribution in [1.82, 2.24) is 4.90 Å². The summed E-state index contributed by atoms with van der Waals surface area (Å²) in [7, 11) is 0. The molecule has 0 spiro atoms. The highest BCUT2D eigenvalue weighted by atomic mass is 16.2. The van der Waals surface area contributed by atoms with Crippen LogP contribution in [0.4, 0.5) is 0 Å². The summed E-state index contributed by atoms with van der Waals surface area (Å²) < 4.78 is 0. The fourth-order valence-corrected chi connectivity index (χ4v) is 2.82. The van der Waals surface area contributed by atoms with Crippen molar-refractivity contribution in [2.75, 3.05) is 0 Å². The number of benzene rings is 2. The average Bonchev–Trinajstić information content (AvgIpc) is 2.71. The Balaban J connectivity index is 2.32. The summed E-state index contributed by atoms with van der Waals surface area (Å²) in [4.78, 5) is 14.3. The van der Waals surface area contributed by atoms with Gasteiger partial charge in [-0.1, -0.05) is 36.4 Å². The third-order valence-corrected chi connectivity index (χ3v) is 3.66. The molecule has 1 aliphatic rings. The van der Waals surface area contributed by atoms with Crippen molar-refractivity contribution >= 4 is 16.7 Å². The van der Waals surface area contributed by atoms with Crippen LogP contribution in [0.15, 0.2) is 36.4 Å². The average molecular weight is 250 g/mol. The lowest BCUT2D eigenvalue weighted by Crippen LogP contribution is -2.33. The number of amides is 1. The van der Waals surface area contributed by atoms with E-state index in [-0.39, 0.29) is 11.9 Å². The summed E-state index contributed by atoms with van der Waals surface area (Å²) in [6.07, 6.45) is 0. The minimum atomic E-state index is -0.466. The van der Waals surface area contributed by atoms with Crippen molar-refractivity contribution < 1.29 is 4.79 Å². The van der Waals surface area contributed by atoms with Gasteiger partial charge in [-0.15, -0.1) is 0 Å². The van der Waals surface area contributed by atoms with E-state index in [0.717, 1.165) is 16.3 Å². The third kappa shape index (κ3) is 1.53. The number of hydrogen-bond acceptors (Lipinski definition) is 2. The van der Waals surface area contributed by atoms with E-state index in [9.17, 15) is 10.1 Å². The maximum absolute atomic E-state index is 12.6. The molecule has 1 heterocycles. The normalized spacial score (nSPS) is 17.9. The number of carbonyl (C=O) groups is 1. The van der Waals surface area contributed by atoms with Gasteiger partial charge in [0.15, 0.2) is 0 Å². The van der Waals surface area contributed by atoms with Crippen LogP contribution in [0.5, 0.6) is 0 Å². The van der Waals surface area contributed by atoms with Gasteiger partial charge in [0, 0.05) is 11.6 Å². The van der Waals surface area contributed by atoms with Crippen molar-refractivity contribution in [1.29, 1.82) is 5.26 Å². The summed E-state index contributed by atoms with van der Waals surface area (Å²) in [5.41, 5.74) is 1.53. The van der Waals surface area contributed by atoms with Gasteiger partial charge >= 0.3 is 0 Å². The van der Waals surface area contributed by atoms with Gasteiger partial charge in [-0.05, 0) is 24.6 Å². The maximum atomic E-state index is 12.6. The highest BCUT2D eigenvalue weighted by molar-refractivity contribution is 6.11. The number of fused-ring (bicyclic) bond motifs is 3. The van der Waals surface area contributed by atoms with Crippen molar-refractivity contribution in [3.05, 3.63) is 47.5 Å². The third-order valence-electron chi connectivity index (χ3n) is 3.66. The predicted molar refractivity (Wildman–Crippen MR) is 73.6 cm³/mol. The summed E-state index contributed by atoms with van der Waals surface area (Å²) >= 11 is 0. The summed E-state index contributed by atoms with van der Waals surface area (Å²) in [6.45, 7) is 3.88. The molecule has 1 atom stereocenters. The summed E-state index contributed by atoms with van der Waals surface area (Å²) in [6, 6.07) is 13.5. The maximum Gasteiger partial charge on any atom is 0.256 e. The SMILES string of the molecule is CC(C)N1C(=O)c2c(ccc3ccccc23)C1C#N. The first kappa shape index (κ1) is 11.7. The van der Waals surface area contributed by atoms with Crippen molar-refractivity contribution in [2.45, 2.75) is 25.9 Å². The molecule has 1 aliphatic heterocycles. The van der Waals surface area contributed by atoms with Crippen LogP contribution in [0.25, 0.3) is 10.8 Å². The zero-order valence-corrected chi connectivity index (χ0v) is 10.9. The van der Waals surface area contributed by atoms with Gasteiger partial charge in [-0.25, -0.2) is 0 Å². The Kier molecular flexibility index (Phi) is 2.53. The smallest absolute Gasteiger partial charge is 0.256 e. The molecule has 0 aliphatic carbocycles. The second-order valence-electron chi connectivity index (χ2n) is 5.09. The summed E-state index contributed by atoms with van der Waals surface area (Å²) in [5, 5.41) is 11.4. The Bertz CT molecular complexity index is 712. The number of nitrogens with zero attached hydrogens (tertiary/aromatic N) is 2. The van der Waals surface area contributed by atoms with Crippen LogP contribution in [0.1, 0.15) is 35.8 Å². The Morgan fingerprint density at radius 2 is 1.95 bits per heavy atom. The van der Waals surface area contributed by atoms with Gasteiger partial charge in [0.25, 0.3) is 5.91 Å². The molecule has 0 radical (unpaired) electrons. The Labute approximate surface area is 112 Å². The lowest BCUT2D eigenvalue weighted by Gasteiger charge is -2.24. The van der Waals surface area contributed by atoms with Crippen LogP contribution in [0.2, 0.25) is 0 Å². The first-order valence-electron chi connectivity index (χ1n) is 6.39. The minimum absolute atomic E-state index is 0.0170. The molecule has 19 heavy (non-hydrogen) atoms. The second kappa shape index (κ2) is 4.10. The van der Waals surface area contributed by atoms with Crippen LogP contribution < -0.4 is 0 Å². The molecule has 0 saturated carbocycles. The van der Waals surface area contributed by atoms with E-state index < -0.39 is 6.04 Å². The van der Waals surface area contributed by atoms with Gasteiger partial charge in [0.1, 0.15) is 6.04 Å². The lowest BCUT2D eigenvalue weighted by molar-refractivity contribution is 0.0705. The number of hydrogen-bond donors (Lipinski definition) is 0. The Morgan fingerprint density at radius 1 is 1.21 bits per heavy atom. The topological polar surface area (TPSA) is 44.1 Å². The molecule has 3 heteroatoms. The first-order valence-corrected chi connectivity index (χ1v) is 6.39. The van der Waals surface area contributed by atoms with Crippen LogP contribution in [-0.2, 0) is 0 Å². The molecule has 3 nitrogen and oxygen atoms in total. The molecule has 1 unspecified atom stereocenters. The van der Waals surface area contributed by atoms with E-state index >= 15 is 0 Å². The molecule has 2 aromatic rings. The van der Waals surface area contributed by atoms with E-state index in [1.165, 1.54) is 0 Å². The molecule has 0 bridgehead atoms. The predicted octanol–water partition coefficient (Wildman–Crippen LogP) is 3.27. The van der Waals surface area contributed by atoms with Gasteiger partial charge in [-0.2, -0.15) is 5.26 Å². The molecule has 94 valence electrons. The number of rotatable bonds is 1. The van der Waals surface area contributed by atoms with E-state index in [2.05, 4.69) is 6.07 Å². The fourth-order valence-electron chi connectivity index (χ4n) is 2.82. The molecule has 0 saturated heterocycles. The van der Waals surface area contributed by atoms with Crippen LogP contribution >= 0.6 is 0 Å². The highest BCUT2D eigenvalue weighted by Crippen LogP contribution is 2.38. The van der Waals surface area contributed by atoms with Crippen molar-refractivity contribution in [3.63, 3.8) is 0 Å². The fraction of sp³-hybridized carbons (Fsp3) is 0.250. The molecular weight excluding hydrogens is 236 g/mol. The molecule has 2 aromatic carbocycles. The van der Waals surface area contributed by atoms with E-state index in [4.69, 9.17) is 0 Å².